The van der Waals surface area contributed by atoms with Crippen molar-refractivity contribution < 1.29 is 18.8 Å². The Morgan fingerprint density at radius 2 is 1.89 bits per heavy atom. The predicted molar refractivity (Wildman–Crippen MR) is 102 cm³/mol. The summed E-state index contributed by atoms with van der Waals surface area (Å²) in [5.74, 6) is 0.927. The van der Waals surface area contributed by atoms with Crippen LogP contribution in [-0.2, 0) is 6.42 Å². The molecule has 3 aromatic rings. The van der Waals surface area contributed by atoms with Crippen molar-refractivity contribution in [3.63, 3.8) is 0 Å². The lowest BCUT2D eigenvalue weighted by Gasteiger charge is -2.08. The Balaban J connectivity index is 1.57. The van der Waals surface area contributed by atoms with Crippen LogP contribution in [0.4, 0.5) is 5.82 Å². The number of hydrogen-bond donors (Lipinski definition) is 2. The van der Waals surface area contributed by atoms with E-state index < -0.39 is 5.91 Å². The summed E-state index contributed by atoms with van der Waals surface area (Å²) in [5, 5.41) is 9.12. The standard InChI is InChI=1S/C20H20N4O4/c1-13-8-18(24-28-13)23-20(26)16-10-15(11-21-12-16)19(25)22-7-6-14-4-3-5-17(9-14)27-2/h3-5,8-12H,6-7H2,1-2H3,(H,22,25)(H,23,24,26). The van der Waals surface area contributed by atoms with Crippen molar-refractivity contribution in [2.75, 3.05) is 19.0 Å². The lowest BCUT2D eigenvalue weighted by Crippen LogP contribution is -2.26. The van der Waals surface area contributed by atoms with Gasteiger partial charge in [-0.15, -0.1) is 0 Å². The highest BCUT2D eigenvalue weighted by Crippen LogP contribution is 2.13. The van der Waals surface area contributed by atoms with Gasteiger partial charge in [0, 0.05) is 25.0 Å². The third-order valence-electron chi connectivity index (χ3n) is 3.97. The Bertz CT molecular complexity index is 984. The van der Waals surface area contributed by atoms with Gasteiger partial charge in [0.25, 0.3) is 11.8 Å². The number of benzene rings is 1. The number of aromatic nitrogens is 2. The second kappa shape index (κ2) is 8.81. The van der Waals surface area contributed by atoms with E-state index in [2.05, 4.69) is 20.8 Å². The molecule has 2 amide bonds. The van der Waals surface area contributed by atoms with Gasteiger partial charge in [-0.2, -0.15) is 0 Å². The van der Waals surface area contributed by atoms with Crippen molar-refractivity contribution >= 4 is 17.6 Å². The summed E-state index contributed by atoms with van der Waals surface area (Å²) in [5.41, 5.74) is 1.60. The molecular formula is C20H20N4O4. The van der Waals surface area contributed by atoms with Crippen LogP contribution in [0, 0.1) is 6.92 Å². The average Bonchev–Trinajstić information content (AvgIpc) is 3.12. The van der Waals surface area contributed by atoms with Gasteiger partial charge < -0.3 is 19.9 Å². The van der Waals surface area contributed by atoms with E-state index in [1.165, 1.54) is 18.5 Å². The van der Waals surface area contributed by atoms with E-state index in [-0.39, 0.29) is 11.5 Å². The molecule has 8 nitrogen and oxygen atoms in total. The summed E-state index contributed by atoms with van der Waals surface area (Å²) in [6, 6.07) is 10.7. The number of nitrogens with zero attached hydrogens (tertiary/aromatic N) is 2. The average molecular weight is 380 g/mol. The molecule has 1 aromatic carbocycles. The molecule has 2 aromatic heterocycles. The number of hydrogen-bond acceptors (Lipinski definition) is 6. The van der Waals surface area contributed by atoms with E-state index in [9.17, 15) is 9.59 Å². The second-order valence-corrected chi connectivity index (χ2v) is 6.10. The van der Waals surface area contributed by atoms with Gasteiger partial charge in [-0.3, -0.25) is 14.6 Å². The number of nitrogens with one attached hydrogen (secondary N) is 2. The van der Waals surface area contributed by atoms with Crippen LogP contribution in [0.1, 0.15) is 32.0 Å². The third-order valence-corrected chi connectivity index (χ3v) is 3.97. The fourth-order valence-corrected chi connectivity index (χ4v) is 2.55. The number of rotatable bonds is 7. The monoisotopic (exact) mass is 380 g/mol. The first-order chi connectivity index (χ1) is 13.5. The zero-order chi connectivity index (χ0) is 19.9. The molecule has 0 aliphatic rings. The van der Waals surface area contributed by atoms with Gasteiger partial charge in [0.2, 0.25) is 0 Å². The topological polar surface area (TPSA) is 106 Å². The lowest BCUT2D eigenvalue weighted by atomic mass is 10.1. The summed E-state index contributed by atoms with van der Waals surface area (Å²) in [4.78, 5) is 28.6. The van der Waals surface area contributed by atoms with E-state index in [4.69, 9.17) is 9.26 Å². The van der Waals surface area contributed by atoms with Crippen molar-refractivity contribution in [2.45, 2.75) is 13.3 Å². The zero-order valence-corrected chi connectivity index (χ0v) is 15.6. The van der Waals surface area contributed by atoms with Crippen LogP contribution in [0.5, 0.6) is 5.75 Å². The van der Waals surface area contributed by atoms with Crippen LogP contribution < -0.4 is 15.4 Å². The first-order valence-corrected chi connectivity index (χ1v) is 8.66. The highest BCUT2D eigenvalue weighted by molar-refractivity contribution is 6.05. The molecule has 3 rings (SSSR count). The van der Waals surface area contributed by atoms with E-state index in [1.54, 1.807) is 20.1 Å². The molecule has 0 aliphatic heterocycles. The highest BCUT2D eigenvalue weighted by Gasteiger charge is 2.13. The molecule has 0 aliphatic carbocycles. The van der Waals surface area contributed by atoms with Crippen molar-refractivity contribution in [3.8, 4) is 5.75 Å². The molecule has 0 saturated carbocycles. The van der Waals surface area contributed by atoms with Crippen LogP contribution in [0.15, 0.2) is 53.3 Å². The SMILES string of the molecule is COc1cccc(CCNC(=O)c2cncc(C(=O)Nc3cc(C)on3)c2)c1. The maximum absolute atomic E-state index is 12.4. The van der Waals surface area contributed by atoms with E-state index in [0.29, 0.717) is 30.1 Å². The number of carbonyl (C=O) groups excluding carboxylic acids is 2. The smallest absolute Gasteiger partial charge is 0.258 e. The number of pyridine rings is 1. The van der Waals surface area contributed by atoms with Gasteiger partial charge in [-0.1, -0.05) is 17.3 Å². The number of anilines is 1. The number of aryl methyl sites for hydroxylation is 1. The Hall–Kier alpha value is -3.68. The number of methoxy groups -OCH3 is 1. The molecule has 2 N–H and O–H groups in total. The fourth-order valence-electron chi connectivity index (χ4n) is 2.55. The Morgan fingerprint density at radius 1 is 1.11 bits per heavy atom. The summed E-state index contributed by atoms with van der Waals surface area (Å²) >= 11 is 0. The number of amides is 2. The van der Waals surface area contributed by atoms with Gasteiger partial charge in [-0.25, -0.2) is 0 Å². The quantitative estimate of drug-likeness (QED) is 0.653. The Labute approximate surface area is 161 Å². The van der Waals surface area contributed by atoms with Gasteiger partial charge >= 0.3 is 0 Å². The zero-order valence-electron chi connectivity index (χ0n) is 15.6. The van der Waals surface area contributed by atoms with Crippen molar-refractivity contribution in [1.82, 2.24) is 15.5 Å². The largest absolute Gasteiger partial charge is 0.497 e. The van der Waals surface area contributed by atoms with Gasteiger partial charge in [0.15, 0.2) is 5.82 Å². The molecule has 0 atom stereocenters. The third kappa shape index (κ3) is 4.94. The highest BCUT2D eigenvalue weighted by atomic mass is 16.5. The van der Waals surface area contributed by atoms with Crippen molar-refractivity contribution in [3.05, 3.63) is 71.2 Å². The molecule has 28 heavy (non-hydrogen) atoms. The maximum Gasteiger partial charge on any atom is 0.258 e. The molecule has 0 radical (unpaired) electrons. The van der Waals surface area contributed by atoms with Crippen molar-refractivity contribution in [2.24, 2.45) is 0 Å². The van der Waals surface area contributed by atoms with Gasteiger partial charge in [0.1, 0.15) is 11.5 Å². The molecule has 2 heterocycles. The van der Waals surface area contributed by atoms with E-state index in [1.807, 2.05) is 24.3 Å². The molecule has 0 bridgehead atoms. The Kier molecular flexibility index (Phi) is 6.01. The maximum atomic E-state index is 12.4. The molecule has 0 unspecified atom stereocenters. The fraction of sp³-hybridized carbons (Fsp3) is 0.200. The van der Waals surface area contributed by atoms with E-state index >= 15 is 0 Å². The molecular weight excluding hydrogens is 360 g/mol. The summed E-state index contributed by atoms with van der Waals surface area (Å²) in [6.45, 7) is 2.17. The normalized spacial score (nSPS) is 10.4. The minimum Gasteiger partial charge on any atom is -0.497 e. The minimum atomic E-state index is -0.424. The summed E-state index contributed by atoms with van der Waals surface area (Å²) in [7, 11) is 1.61. The first kappa shape index (κ1) is 19.1. The van der Waals surface area contributed by atoms with Crippen LogP contribution in [0.25, 0.3) is 0 Å². The van der Waals surface area contributed by atoms with Crippen LogP contribution in [-0.4, -0.2) is 35.6 Å². The summed E-state index contributed by atoms with van der Waals surface area (Å²) in [6.07, 6.45) is 3.45. The number of ether oxygens (including phenoxy) is 1. The van der Waals surface area contributed by atoms with Crippen LogP contribution in [0.3, 0.4) is 0 Å². The summed E-state index contributed by atoms with van der Waals surface area (Å²) < 4.78 is 10.1. The van der Waals surface area contributed by atoms with Gasteiger partial charge in [0.05, 0.1) is 18.2 Å². The molecule has 0 saturated heterocycles. The molecule has 0 spiro atoms. The second-order valence-electron chi connectivity index (χ2n) is 6.10. The lowest BCUT2D eigenvalue weighted by molar-refractivity contribution is 0.0953. The molecule has 8 heteroatoms. The van der Waals surface area contributed by atoms with Crippen molar-refractivity contribution in [1.29, 1.82) is 0 Å². The van der Waals surface area contributed by atoms with Crippen LogP contribution >= 0.6 is 0 Å². The molecule has 144 valence electrons. The number of carbonyl (C=O) groups is 2. The van der Waals surface area contributed by atoms with E-state index in [0.717, 1.165) is 11.3 Å². The first-order valence-electron chi connectivity index (χ1n) is 8.66. The van der Waals surface area contributed by atoms with Gasteiger partial charge in [-0.05, 0) is 37.1 Å². The minimum absolute atomic E-state index is 0.251. The van der Waals surface area contributed by atoms with Crippen LogP contribution in [0.2, 0.25) is 0 Å². The molecule has 0 fully saturated rings. The predicted octanol–water partition coefficient (Wildman–Crippen LogP) is 2.61. The Morgan fingerprint density at radius 3 is 2.61 bits per heavy atom.